The molecular formula is C9H16O2. The fourth-order valence-corrected chi connectivity index (χ4v) is 1.94. The molecule has 1 rings (SSSR count). The van der Waals surface area contributed by atoms with Crippen molar-refractivity contribution >= 4 is 5.78 Å². The summed E-state index contributed by atoms with van der Waals surface area (Å²) in [6.07, 6.45) is 5.37. The Morgan fingerprint density at radius 1 is 1.45 bits per heavy atom. The SMILES string of the molecule is CC1(CC(=O)CO)CCCC1. The summed E-state index contributed by atoms with van der Waals surface area (Å²) in [5.74, 6) is -0.00519. The summed E-state index contributed by atoms with van der Waals surface area (Å²) in [4.78, 5) is 10.9. The van der Waals surface area contributed by atoms with Crippen LogP contribution in [0, 0.1) is 5.41 Å². The molecule has 1 fully saturated rings. The first-order valence-electron chi connectivity index (χ1n) is 4.29. The van der Waals surface area contributed by atoms with Crippen LogP contribution < -0.4 is 0 Å². The molecule has 0 bridgehead atoms. The largest absolute Gasteiger partial charge is 0.389 e. The fraction of sp³-hybridized carbons (Fsp3) is 0.889. The Labute approximate surface area is 67.6 Å². The van der Waals surface area contributed by atoms with Gasteiger partial charge in [-0.15, -0.1) is 0 Å². The van der Waals surface area contributed by atoms with Crippen LogP contribution in [0.1, 0.15) is 39.0 Å². The van der Waals surface area contributed by atoms with E-state index in [1.807, 2.05) is 0 Å². The molecule has 2 heteroatoms. The third-order valence-electron chi connectivity index (χ3n) is 2.61. The van der Waals surface area contributed by atoms with Crippen LogP contribution in [0.25, 0.3) is 0 Å². The van der Waals surface area contributed by atoms with E-state index in [0.29, 0.717) is 6.42 Å². The first-order valence-corrected chi connectivity index (χ1v) is 4.29. The lowest BCUT2D eigenvalue weighted by molar-refractivity contribution is -0.123. The molecule has 1 saturated carbocycles. The molecule has 0 spiro atoms. The average molecular weight is 156 g/mol. The molecule has 1 N–H and O–H groups in total. The second-order valence-corrected chi connectivity index (χ2v) is 3.89. The summed E-state index contributed by atoms with van der Waals surface area (Å²) < 4.78 is 0. The Hall–Kier alpha value is -0.370. The zero-order chi connectivity index (χ0) is 8.32. The predicted molar refractivity (Wildman–Crippen MR) is 43.3 cm³/mol. The monoisotopic (exact) mass is 156 g/mol. The Kier molecular flexibility index (Phi) is 2.66. The molecule has 0 unspecified atom stereocenters. The van der Waals surface area contributed by atoms with Crippen molar-refractivity contribution in [2.24, 2.45) is 5.41 Å². The zero-order valence-corrected chi connectivity index (χ0v) is 7.10. The standard InChI is InChI=1S/C9H16O2/c1-9(4-2-3-5-9)6-8(11)7-10/h10H,2-7H2,1H3. The number of aliphatic hydroxyl groups is 1. The minimum Gasteiger partial charge on any atom is -0.389 e. The van der Waals surface area contributed by atoms with Gasteiger partial charge >= 0.3 is 0 Å². The van der Waals surface area contributed by atoms with Crippen LogP contribution in [0.2, 0.25) is 0 Å². The van der Waals surface area contributed by atoms with Crippen molar-refractivity contribution in [2.75, 3.05) is 6.61 Å². The molecule has 1 aliphatic carbocycles. The lowest BCUT2D eigenvalue weighted by Crippen LogP contribution is -2.18. The molecule has 0 amide bonds. The second kappa shape index (κ2) is 3.35. The number of carbonyl (C=O) groups excluding carboxylic acids is 1. The number of ketones is 1. The third kappa shape index (κ3) is 2.29. The van der Waals surface area contributed by atoms with Crippen LogP contribution in [-0.4, -0.2) is 17.5 Å². The van der Waals surface area contributed by atoms with Crippen LogP contribution in [0.4, 0.5) is 0 Å². The average Bonchev–Trinajstić information content (AvgIpc) is 2.36. The maximum absolute atomic E-state index is 10.9. The molecule has 0 aliphatic heterocycles. The smallest absolute Gasteiger partial charge is 0.158 e. The highest BCUT2D eigenvalue weighted by Gasteiger charge is 2.30. The number of carbonyl (C=O) groups is 1. The number of rotatable bonds is 3. The lowest BCUT2D eigenvalue weighted by Gasteiger charge is -2.21. The molecular weight excluding hydrogens is 140 g/mol. The molecule has 0 radical (unpaired) electrons. The van der Waals surface area contributed by atoms with E-state index in [2.05, 4.69) is 6.92 Å². The van der Waals surface area contributed by atoms with Crippen molar-refractivity contribution < 1.29 is 9.90 Å². The zero-order valence-electron chi connectivity index (χ0n) is 7.10. The minimum absolute atomic E-state index is 0.00519. The summed E-state index contributed by atoms with van der Waals surface area (Å²) in [5.41, 5.74) is 0.208. The summed E-state index contributed by atoms with van der Waals surface area (Å²) >= 11 is 0. The van der Waals surface area contributed by atoms with Gasteiger partial charge in [0.25, 0.3) is 0 Å². The number of aliphatic hydroxyl groups excluding tert-OH is 1. The molecule has 64 valence electrons. The maximum atomic E-state index is 10.9. The Bertz CT molecular complexity index is 146. The first kappa shape index (κ1) is 8.72. The van der Waals surface area contributed by atoms with Crippen LogP contribution in [0.15, 0.2) is 0 Å². The first-order chi connectivity index (χ1) is 5.16. The highest BCUT2D eigenvalue weighted by atomic mass is 16.3. The topological polar surface area (TPSA) is 37.3 Å². The van der Waals surface area contributed by atoms with E-state index >= 15 is 0 Å². The van der Waals surface area contributed by atoms with E-state index in [9.17, 15) is 4.79 Å². The second-order valence-electron chi connectivity index (χ2n) is 3.89. The van der Waals surface area contributed by atoms with E-state index in [1.165, 1.54) is 12.8 Å². The molecule has 0 aromatic heterocycles. The normalized spacial score (nSPS) is 22.0. The number of hydrogen-bond donors (Lipinski definition) is 1. The fourth-order valence-electron chi connectivity index (χ4n) is 1.94. The molecule has 2 nitrogen and oxygen atoms in total. The molecule has 11 heavy (non-hydrogen) atoms. The van der Waals surface area contributed by atoms with E-state index < -0.39 is 0 Å². The van der Waals surface area contributed by atoms with Crippen molar-refractivity contribution in [3.05, 3.63) is 0 Å². The van der Waals surface area contributed by atoms with Gasteiger partial charge in [0.15, 0.2) is 5.78 Å². The van der Waals surface area contributed by atoms with E-state index in [1.54, 1.807) is 0 Å². The third-order valence-corrected chi connectivity index (χ3v) is 2.61. The molecule has 0 atom stereocenters. The molecule has 0 heterocycles. The van der Waals surface area contributed by atoms with Crippen LogP contribution in [-0.2, 0) is 4.79 Å². The van der Waals surface area contributed by atoms with Crippen molar-refractivity contribution in [3.63, 3.8) is 0 Å². The predicted octanol–water partition coefficient (Wildman–Crippen LogP) is 1.52. The summed E-state index contributed by atoms with van der Waals surface area (Å²) in [7, 11) is 0. The van der Waals surface area contributed by atoms with E-state index in [-0.39, 0.29) is 17.8 Å². The van der Waals surface area contributed by atoms with Crippen LogP contribution in [0.3, 0.4) is 0 Å². The highest BCUT2D eigenvalue weighted by Crippen LogP contribution is 2.40. The van der Waals surface area contributed by atoms with Gasteiger partial charge in [-0.2, -0.15) is 0 Å². The van der Waals surface area contributed by atoms with Gasteiger partial charge in [-0.25, -0.2) is 0 Å². The Morgan fingerprint density at radius 2 is 2.00 bits per heavy atom. The van der Waals surface area contributed by atoms with Gasteiger partial charge in [0.2, 0.25) is 0 Å². The van der Waals surface area contributed by atoms with Gasteiger partial charge in [-0.3, -0.25) is 4.79 Å². The number of hydrogen-bond acceptors (Lipinski definition) is 2. The maximum Gasteiger partial charge on any atom is 0.158 e. The molecule has 1 aliphatic rings. The lowest BCUT2D eigenvalue weighted by atomic mass is 9.84. The van der Waals surface area contributed by atoms with Crippen LogP contribution in [0.5, 0.6) is 0 Å². The van der Waals surface area contributed by atoms with Gasteiger partial charge in [0.1, 0.15) is 6.61 Å². The van der Waals surface area contributed by atoms with Crippen molar-refractivity contribution in [1.82, 2.24) is 0 Å². The summed E-state index contributed by atoms with van der Waals surface area (Å²) in [6.45, 7) is 1.86. The summed E-state index contributed by atoms with van der Waals surface area (Å²) in [5, 5.41) is 8.56. The van der Waals surface area contributed by atoms with Gasteiger partial charge in [0, 0.05) is 6.42 Å². The van der Waals surface area contributed by atoms with Crippen molar-refractivity contribution in [1.29, 1.82) is 0 Å². The van der Waals surface area contributed by atoms with Gasteiger partial charge in [0.05, 0.1) is 0 Å². The van der Waals surface area contributed by atoms with Crippen molar-refractivity contribution in [2.45, 2.75) is 39.0 Å². The summed E-state index contributed by atoms with van der Waals surface area (Å²) in [6, 6.07) is 0. The van der Waals surface area contributed by atoms with E-state index in [0.717, 1.165) is 12.8 Å². The Morgan fingerprint density at radius 3 is 2.45 bits per heavy atom. The van der Waals surface area contributed by atoms with Gasteiger partial charge in [-0.05, 0) is 18.3 Å². The van der Waals surface area contributed by atoms with Crippen LogP contribution >= 0.6 is 0 Å². The van der Waals surface area contributed by atoms with E-state index in [4.69, 9.17) is 5.11 Å². The number of Topliss-reactive ketones (excluding diaryl/α,β-unsaturated/α-hetero) is 1. The van der Waals surface area contributed by atoms with Crippen molar-refractivity contribution in [3.8, 4) is 0 Å². The molecule has 0 aromatic carbocycles. The Balaban J connectivity index is 2.39. The molecule has 0 aromatic rings. The quantitative estimate of drug-likeness (QED) is 0.672. The molecule has 0 saturated heterocycles. The highest BCUT2D eigenvalue weighted by molar-refractivity contribution is 5.80. The minimum atomic E-state index is -0.282. The van der Waals surface area contributed by atoms with Gasteiger partial charge in [-0.1, -0.05) is 19.8 Å². The van der Waals surface area contributed by atoms with Gasteiger partial charge < -0.3 is 5.11 Å².